The minimum absolute atomic E-state index is 0.0939. The Hall–Kier alpha value is -3.09. The molecular formula is C18H18N2O5. The second-order valence-corrected chi connectivity index (χ2v) is 5.71. The lowest BCUT2D eigenvalue weighted by Crippen LogP contribution is -2.40. The summed E-state index contributed by atoms with van der Waals surface area (Å²) < 4.78 is 11.0. The standard InChI is InChI=1S/C18H18N2O5/c21-17(22)16-9-15(25-14-7-4-8-19-10-14)11-20(16)18(23)24-12-13-5-2-1-3-6-13/h1-8,10,15-16H,9,11-12H2,(H,21,22)/t15-,16-/m0/s1. The number of carboxylic acids is 1. The molecular weight excluding hydrogens is 324 g/mol. The fourth-order valence-electron chi connectivity index (χ4n) is 2.73. The van der Waals surface area contributed by atoms with Crippen LogP contribution in [0.5, 0.6) is 5.75 Å². The van der Waals surface area contributed by atoms with Gasteiger partial charge in [-0.05, 0) is 17.7 Å². The van der Waals surface area contributed by atoms with E-state index >= 15 is 0 Å². The minimum Gasteiger partial charge on any atom is -0.487 e. The maximum absolute atomic E-state index is 12.3. The van der Waals surface area contributed by atoms with E-state index in [1.807, 2.05) is 30.3 Å². The molecule has 130 valence electrons. The molecule has 3 rings (SSSR count). The summed E-state index contributed by atoms with van der Waals surface area (Å²) in [6, 6.07) is 11.7. The van der Waals surface area contributed by atoms with Crippen molar-refractivity contribution in [1.82, 2.24) is 9.88 Å². The van der Waals surface area contributed by atoms with Crippen LogP contribution in [0.2, 0.25) is 0 Å². The Balaban J connectivity index is 1.62. The number of hydrogen-bond donors (Lipinski definition) is 1. The summed E-state index contributed by atoms with van der Waals surface area (Å²) in [7, 11) is 0. The summed E-state index contributed by atoms with van der Waals surface area (Å²) in [5.41, 5.74) is 0.838. The van der Waals surface area contributed by atoms with Gasteiger partial charge in [0, 0.05) is 12.6 Å². The Bertz CT molecular complexity index is 723. The zero-order chi connectivity index (χ0) is 17.6. The predicted octanol–water partition coefficient (Wildman–Crippen LogP) is 2.32. The maximum atomic E-state index is 12.3. The molecule has 2 aromatic rings. The molecule has 1 amide bonds. The second kappa shape index (κ2) is 7.65. The van der Waals surface area contributed by atoms with Gasteiger partial charge in [-0.2, -0.15) is 0 Å². The van der Waals surface area contributed by atoms with E-state index in [2.05, 4.69) is 4.98 Å². The third kappa shape index (κ3) is 4.26. The van der Waals surface area contributed by atoms with Crippen LogP contribution in [-0.2, 0) is 16.1 Å². The molecule has 0 aliphatic carbocycles. The number of carbonyl (C=O) groups is 2. The molecule has 1 aromatic carbocycles. The lowest BCUT2D eigenvalue weighted by Gasteiger charge is -2.20. The van der Waals surface area contributed by atoms with E-state index in [0.717, 1.165) is 5.56 Å². The number of aromatic nitrogens is 1. The Morgan fingerprint density at radius 3 is 2.68 bits per heavy atom. The van der Waals surface area contributed by atoms with Gasteiger partial charge in [-0.1, -0.05) is 30.3 Å². The quantitative estimate of drug-likeness (QED) is 0.897. The first kappa shape index (κ1) is 16.8. The number of carboxylic acid groups (broad SMARTS) is 1. The highest BCUT2D eigenvalue weighted by Gasteiger charge is 2.41. The zero-order valence-electron chi connectivity index (χ0n) is 13.4. The summed E-state index contributed by atoms with van der Waals surface area (Å²) >= 11 is 0. The molecule has 0 radical (unpaired) electrons. The lowest BCUT2D eigenvalue weighted by atomic mass is 10.2. The molecule has 1 aliphatic rings. The van der Waals surface area contributed by atoms with Crippen LogP contribution < -0.4 is 4.74 Å². The first-order valence-corrected chi connectivity index (χ1v) is 7.90. The van der Waals surface area contributed by atoms with E-state index in [0.29, 0.717) is 5.75 Å². The first-order valence-electron chi connectivity index (χ1n) is 7.90. The second-order valence-electron chi connectivity index (χ2n) is 5.71. The molecule has 7 heteroatoms. The van der Waals surface area contributed by atoms with Gasteiger partial charge in [0.1, 0.15) is 24.5 Å². The summed E-state index contributed by atoms with van der Waals surface area (Å²) in [6.07, 6.45) is 2.29. The van der Waals surface area contributed by atoms with E-state index < -0.39 is 24.2 Å². The summed E-state index contributed by atoms with van der Waals surface area (Å²) in [5, 5.41) is 9.38. The van der Waals surface area contributed by atoms with Crippen molar-refractivity contribution in [2.75, 3.05) is 6.54 Å². The Kier molecular flexibility index (Phi) is 5.13. The number of carbonyl (C=O) groups excluding carboxylic acids is 1. The third-order valence-corrected chi connectivity index (χ3v) is 3.92. The van der Waals surface area contributed by atoms with Crippen LogP contribution in [0.25, 0.3) is 0 Å². The molecule has 25 heavy (non-hydrogen) atoms. The van der Waals surface area contributed by atoms with Gasteiger partial charge in [0.2, 0.25) is 0 Å². The average molecular weight is 342 g/mol. The fraction of sp³-hybridized carbons (Fsp3) is 0.278. The van der Waals surface area contributed by atoms with E-state index in [4.69, 9.17) is 9.47 Å². The van der Waals surface area contributed by atoms with Gasteiger partial charge in [-0.15, -0.1) is 0 Å². The van der Waals surface area contributed by atoms with Crippen molar-refractivity contribution in [3.8, 4) is 5.75 Å². The van der Waals surface area contributed by atoms with Crippen molar-refractivity contribution < 1.29 is 24.2 Å². The van der Waals surface area contributed by atoms with Gasteiger partial charge in [-0.3, -0.25) is 9.88 Å². The Morgan fingerprint density at radius 2 is 2.00 bits per heavy atom. The van der Waals surface area contributed by atoms with E-state index in [1.165, 1.54) is 4.90 Å². The average Bonchev–Trinajstić information content (AvgIpc) is 3.06. The number of benzene rings is 1. The molecule has 1 aromatic heterocycles. The van der Waals surface area contributed by atoms with E-state index in [-0.39, 0.29) is 19.6 Å². The van der Waals surface area contributed by atoms with Crippen LogP contribution in [0.4, 0.5) is 4.79 Å². The molecule has 1 N–H and O–H groups in total. The highest BCUT2D eigenvalue weighted by atomic mass is 16.6. The monoisotopic (exact) mass is 342 g/mol. The van der Waals surface area contributed by atoms with Crippen molar-refractivity contribution in [2.45, 2.75) is 25.2 Å². The van der Waals surface area contributed by atoms with Crippen LogP contribution in [0.3, 0.4) is 0 Å². The SMILES string of the molecule is O=C(O)[C@@H]1C[C@H](Oc2cccnc2)CN1C(=O)OCc1ccccc1. The Labute approximate surface area is 144 Å². The molecule has 0 bridgehead atoms. The lowest BCUT2D eigenvalue weighted by molar-refractivity contribution is -0.141. The minimum atomic E-state index is -1.08. The van der Waals surface area contributed by atoms with Crippen molar-refractivity contribution >= 4 is 12.1 Å². The number of pyridine rings is 1. The Morgan fingerprint density at radius 1 is 1.20 bits per heavy atom. The van der Waals surface area contributed by atoms with Crippen molar-refractivity contribution in [3.05, 3.63) is 60.4 Å². The van der Waals surface area contributed by atoms with Crippen LogP contribution in [0.1, 0.15) is 12.0 Å². The number of likely N-dealkylation sites (tertiary alicyclic amines) is 1. The maximum Gasteiger partial charge on any atom is 0.410 e. The first-order chi connectivity index (χ1) is 12.1. The highest BCUT2D eigenvalue weighted by molar-refractivity contribution is 5.81. The number of rotatable bonds is 5. The van der Waals surface area contributed by atoms with Gasteiger partial charge < -0.3 is 14.6 Å². The molecule has 2 heterocycles. The highest BCUT2D eigenvalue weighted by Crippen LogP contribution is 2.24. The zero-order valence-corrected chi connectivity index (χ0v) is 13.4. The number of nitrogens with zero attached hydrogens (tertiary/aromatic N) is 2. The number of amides is 1. The molecule has 1 saturated heterocycles. The fourth-order valence-corrected chi connectivity index (χ4v) is 2.73. The smallest absolute Gasteiger partial charge is 0.410 e. The number of ether oxygens (including phenoxy) is 2. The number of hydrogen-bond acceptors (Lipinski definition) is 5. The number of aliphatic carboxylic acids is 1. The van der Waals surface area contributed by atoms with Gasteiger partial charge in [0.25, 0.3) is 0 Å². The van der Waals surface area contributed by atoms with E-state index in [9.17, 15) is 14.7 Å². The van der Waals surface area contributed by atoms with Crippen LogP contribution in [-0.4, -0.2) is 45.7 Å². The van der Waals surface area contributed by atoms with Crippen LogP contribution in [0, 0.1) is 0 Å². The molecule has 1 aliphatic heterocycles. The topological polar surface area (TPSA) is 89.0 Å². The van der Waals surface area contributed by atoms with Crippen molar-refractivity contribution in [2.24, 2.45) is 0 Å². The molecule has 2 atom stereocenters. The van der Waals surface area contributed by atoms with Gasteiger partial charge in [-0.25, -0.2) is 9.59 Å². The van der Waals surface area contributed by atoms with Gasteiger partial charge in [0.15, 0.2) is 0 Å². The summed E-state index contributed by atoms with van der Waals surface area (Å²) in [6.45, 7) is 0.246. The normalized spacial score (nSPS) is 19.4. The largest absolute Gasteiger partial charge is 0.487 e. The van der Waals surface area contributed by atoms with Gasteiger partial charge >= 0.3 is 12.1 Å². The molecule has 0 saturated carbocycles. The molecule has 1 fully saturated rings. The van der Waals surface area contributed by atoms with Crippen molar-refractivity contribution in [3.63, 3.8) is 0 Å². The third-order valence-electron chi connectivity index (χ3n) is 3.92. The van der Waals surface area contributed by atoms with Crippen molar-refractivity contribution in [1.29, 1.82) is 0 Å². The molecule has 0 spiro atoms. The molecule has 0 unspecified atom stereocenters. The predicted molar refractivity (Wildman–Crippen MR) is 88.0 cm³/mol. The van der Waals surface area contributed by atoms with Crippen LogP contribution in [0.15, 0.2) is 54.9 Å². The summed E-state index contributed by atoms with van der Waals surface area (Å²) in [4.78, 5) is 28.9. The van der Waals surface area contributed by atoms with Crippen LogP contribution >= 0.6 is 0 Å². The van der Waals surface area contributed by atoms with Gasteiger partial charge in [0.05, 0.1) is 12.7 Å². The molecule has 7 nitrogen and oxygen atoms in total. The van der Waals surface area contributed by atoms with E-state index in [1.54, 1.807) is 24.5 Å². The summed E-state index contributed by atoms with van der Waals surface area (Å²) in [5.74, 6) is -0.537.